The lowest BCUT2D eigenvalue weighted by atomic mass is 9.95. The van der Waals surface area contributed by atoms with E-state index in [9.17, 15) is 0 Å². The zero-order chi connectivity index (χ0) is 31.2. The molecule has 0 bridgehead atoms. The van der Waals surface area contributed by atoms with Crippen molar-refractivity contribution in [2.45, 2.75) is 98.4 Å². The third kappa shape index (κ3) is 6.07. The molecular formula is C42H51N2O+. The summed E-state index contributed by atoms with van der Waals surface area (Å²) in [5.74, 6) is 1.00. The van der Waals surface area contributed by atoms with Crippen molar-refractivity contribution in [3.05, 3.63) is 89.3 Å². The number of allylic oxidation sites excluding steroid dienone is 2. The fourth-order valence-electron chi connectivity index (χ4n) is 7.18. The van der Waals surface area contributed by atoms with E-state index in [4.69, 9.17) is 4.74 Å². The SMILES string of the molecule is CCCCCc1ccc2c3c(cccc13)C(/C=C/C=c1/c3cccc4c(OCCCC)ccc(c43)n1CCCC)=[N+]2CCCC. The van der Waals surface area contributed by atoms with Gasteiger partial charge in [-0.25, -0.2) is 0 Å². The van der Waals surface area contributed by atoms with E-state index in [0.717, 1.165) is 51.1 Å². The minimum atomic E-state index is 0.767. The Hall–Kier alpha value is -3.85. The van der Waals surface area contributed by atoms with Gasteiger partial charge in [-0.05, 0) is 60.9 Å². The first-order valence-corrected chi connectivity index (χ1v) is 17.8. The molecule has 0 N–H and O–H groups in total. The van der Waals surface area contributed by atoms with Gasteiger partial charge in [0.25, 0.3) is 0 Å². The van der Waals surface area contributed by atoms with E-state index < -0.39 is 0 Å². The number of aryl methyl sites for hydroxylation is 2. The van der Waals surface area contributed by atoms with Gasteiger partial charge in [-0.3, -0.25) is 0 Å². The maximum atomic E-state index is 6.27. The van der Waals surface area contributed by atoms with E-state index in [-0.39, 0.29) is 0 Å². The molecule has 0 unspecified atom stereocenters. The van der Waals surface area contributed by atoms with Gasteiger partial charge >= 0.3 is 0 Å². The van der Waals surface area contributed by atoms with Crippen molar-refractivity contribution >= 4 is 49.9 Å². The van der Waals surface area contributed by atoms with Crippen LogP contribution in [0.5, 0.6) is 5.75 Å². The van der Waals surface area contributed by atoms with Gasteiger partial charge in [-0.1, -0.05) is 102 Å². The van der Waals surface area contributed by atoms with Gasteiger partial charge in [-0.2, -0.15) is 4.58 Å². The van der Waals surface area contributed by atoms with Crippen LogP contribution >= 0.6 is 0 Å². The summed E-state index contributed by atoms with van der Waals surface area (Å²) in [7, 11) is 0. The van der Waals surface area contributed by atoms with Crippen molar-refractivity contribution in [3.63, 3.8) is 0 Å². The summed E-state index contributed by atoms with van der Waals surface area (Å²) < 4.78 is 11.4. The first-order chi connectivity index (χ1) is 22.2. The molecule has 0 fully saturated rings. The van der Waals surface area contributed by atoms with Crippen molar-refractivity contribution in [2.24, 2.45) is 0 Å². The molecule has 0 aliphatic carbocycles. The zero-order valence-electron chi connectivity index (χ0n) is 28.0. The molecule has 0 atom stereocenters. The van der Waals surface area contributed by atoms with Gasteiger partial charge < -0.3 is 9.30 Å². The number of aromatic nitrogens is 1. The van der Waals surface area contributed by atoms with Gasteiger partial charge in [0.05, 0.1) is 17.6 Å². The molecule has 234 valence electrons. The van der Waals surface area contributed by atoms with E-state index in [2.05, 4.69) is 116 Å². The molecule has 1 aliphatic rings. The summed E-state index contributed by atoms with van der Waals surface area (Å²) >= 11 is 0. The van der Waals surface area contributed by atoms with Crippen molar-refractivity contribution in [1.29, 1.82) is 0 Å². The molecule has 5 aromatic rings. The third-order valence-corrected chi connectivity index (χ3v) is 9.59. The van der Waals surface area contributed by atoms with Gasteiger partial charge in [0.2, 0.25) is 11.4 Å². The first-order valence-electron chi connectivity index (χ1n) is 17.8. The van der Waals surface area contributed by atoms with Crippen LogP contribution < -0.4 is 10.1 Å². The molecule has 45 heavy (non-hydrogen) atoms. The van der Waals surface area contributed by atoms with Gasteiger partial charge in [0.15, 0.2) is 0 Å². The van der Waals surface area contributed by atoms with Crippen molar-refractivity contribution in [3.8, 4) is 5.75 Å². The Morgan fingerprint density at radius 3 is 2.31 bits per heavy atom. The molecule has 0 spiro atoms. The van der Waals surface area contributed by atoms with Crippen molar-refractivity contribution in [1.82, 2.24) is 4.57 Å². The quantitative estimate of drug-likeness (QED) is 0.0814. The Morgan fingerprint density at radius 1 is 0.711 bits per heavy atom. The van der Waals surface area contributed by atoms with Gasteiger partial charge in [0.1, 0.15) is 12.3 Å². The summed E-state index contributed by atoms with van der Waals surface area (Å²) in [5.41, 5.74) is 6.88. The molecule has 0 saturated carbocycles. The molecule has 4 aromatic carbocycles. The monoisotopic (exact) mass is 599 g/mol. The summed E-state index contributed by atoms with van der Waals surface area (Å²) in [5, 5.41) is 8.03. The van der Waals surface area contributed by atoms with Crippen molar-refractivity contribution < 1.29 is 9.31 Å². The van der Waals surface area contributed by atoms with Gasteiger partial charge in [0, 0.05) is 52.1 Å². The molecule has 0 amide bonds. The molecule has 6 rings (SSSR count). The predicted molar refractivity (Wildman–Crippen MR) is 195 cm³/mol. The van der Waals surface area contributed by atoms with Crippen LogP contribution in [0.15, 0.2) is 72.8 Å². The Morgan fingerprint density at radius 2 is 1.49 bits per heavy atom. The summed E-state index contributed by atoms with van der Waals surface area (Å²) in [4.78, 5) is 0. The number of hydrogen-bond donors (Lipinski definition) is 0. The van der Waals surface area contributed by atoms with Crippen LogP contribution in [0.4, 0.5) is 5.69 Å². The van der Waals surface area contributed by atoms with Crippen LogP contribution in [-0.2, 0) is 13.0 Å². The number of unbranched alkanes of at least 4 members (excludes halogenated alkanes) is 5. The highest BCUT2D eigenvalue weighted by atomic mass is 16.5. The standard InChI is InChI=1S/C42H51N2O/c1-5-9-13-17-31-24-25-38-41-32(31)18-14-19-33(41)36(43(38)28-10-6-2)22-16-23-37-34-20-15-21-35-40(45-30-12-8-4)27-26-39(42(34)35)44(37)29-11-7-3/h14-16,18-27H,5-13,17,28-30H2,1-4H3/q+1. The summed E-state index contributed by atoms with van der Waals surface area (Å²) in [6.07, 6.45) is 18.9. The number of nitrogens with zero attached hydrogens (tertiary/aromatic N) is 2. The van der Waals surface area contributed by atoms with Crippen LogP contribution in [0, 0.1) is 0 Å². The maximum Gasteiger partial charge on any atom is 0.214 e. The minimum absolute atomic E-state index is 0.767. The second-order valence-electron chi connectivity index (χ2n) is 12.7. The molecule has 0 saturated heterocycles. The van der Waals surface area contributed by atoms with E-state index in [1.807, 2.05) is 0 Å². The molecular weight excluding hydrogens is 548 g/mol. The van der Waals surface area contributed by atoms with Crippen LogP contribution in [0.2, 0.25) is 0 Å². The molecule has 1 aliphatic heterocycles. The van der Waals surface area contributed by atoms with E-state index in [1.165, 1.54) is 98.8 Å². The Balaban J connectivity index is 1.45. The Bertz CT molecular complexity index is 1900. The van der Waals surface area contributed by atoms with Crippen LogP contribution in [0.3, 0.4) is 0 Å². The number of hydrogen-bond acceptors (Lipinski definition) is 1. The first kappa shape index (κ1) is 31.1. The molecule has 1 aromatic heterocycles. The molecule has 3 heteroatoms. The third-order valence-electron chi connectivity index (χ3n) is 9.59. The predicted octanol–water partition coefficient (Wildman–Crippen LogP) is 10.7. The number of benzene rings is 4. The molecule has 0 radical (unpaired) electrons. The Kier molecular flexibility index (Phi) is 10.0. The topological polar surface area (TPSA) is 17.2 Å². The number of ether oxygens (including phenoxy) is 1. The largest absolute Gasteiger partial charge is 0.493 e. The lowest BCUT2D eigenvalue weighted by molar-refractivity contribution is -0.436. The fraction of sp³-hybridized carbons (Fsp3) is 0.405. The highest BCUT2D eigenvalue weighted by Gasteiger charge is 2.30. The minimum Gasteiger partial charge on any atom is -0.493 e. The van der Waals surface area contributed by atoms with E-state index in [0.29, 0.717) is 0 Å². The molecule has 3 nitrogen and oxygen atoms in total. The fourth-order valence-corrected chi connectivity index (χ4v) is 7.18. The average Bonchev–Trinajstić information content (AvgIpc) is 3.54. The van der Waals surface area contributed by atoms with Crippen LogP contribution in [0.1, 0.15) is 96.6 Å². The average molecular weight is 600 g/mol. The summed E-state index contributed by atoms with van der Waals surface area (Å²) in [6, 6.07) is 22.9. The van der Waals surface area contributed by atoms with Crippen LogP contribution in [-0.4, -0.2) is 28.0 Å². The van der Waals surface area contributed by atoms with E-state index >= 15 is 0 Å². The maximum absolute atomic E-state index is 6.27. The summed E-state index contributed by atoms with van der Waals surface area (Å²) in [6.45, 7) is 11.9. The van der Waals surface area contributed by atoms with E-state index in [1.54, 1.807) is 0 Å². The normalized spacial score (nSPS) is 13.6. The van der Waals surface area contributed by atoms with Crippen molar-refractivity contribution in [2.75, 3.05) is 13.2 Å². The second-order valence-corrected chi connectivity index (χ2v) is 12.7. The molecule has 2 heterocycles. The zero-order valence-corrected chi connectivity index (χ0v) is 28.0. The Labute approximate surface area is 269 Å². The highest BCUT2D eigenvalue weighted by molar-refractivity contribution is 6.20. The highest BCUT2D eigenvalue weighted by Crippen LogP contribution is 2.38. The lowest BCUT2D eigenvalue weighted by Crippen LogP contribution is -2.16. The van der Waals surface area contributed by atoms with Gasteiger partial charge in [-0.15, -0.1) is 0 Å². The lowest BCUT2D eigenvalue weighted by Gasteiger charge is -2.10. The van der Waals surface area contributed by atoms with Crippen LogP contribution in [0.25, 0.3) is 38.5 Å². The number of rotatable bonds is 16. The second kappa shape index (κ2) is 14.5. The smallest absolute Gasteiger partial charge is 0.214 e.